The van der Waals surface area contributed by atoms with Gasteiger partial charge in [-0.2, -0.15) is 0 Å². The lowest BCUT2D eigenvalue weighted by Crippen LogP contribution is -2.33. The molecule has 126 valence electrons. The zero-order valence-corrected chi connectivity index (χ0v) is 15.6. The summed E-state index contributed by atoms with van der Waals surface area (Å²) in [6, 6.07) is 7.71. The van der Waals surface area contributed by atoms with E-state index in [0.29, 0.717) is 5.56 Å². The highest BCUT2D eigenvalue weighted by Crippen LogP contribution is 2.24. The van der Waals surface area contributed by atoms with Gasteiger partial charge in [-0.3, -0.25) is 9.78 Å². The van der Waals surface area contributed by atoms with E-state index in [1.54, 1.807) is 6.20 Å². The van der Waals surface area contributed by atoms with Gasteiger partial charge in [-0.1, -0.05) is 22.9 Å². The molecule has 0 bridgehead atoms. The minimum atomic E-state index is -0.128. The molecule has 1 aliphatic heterocycles. The van der Waals surface area contributed by atoms with Crippen LogP contribution >= 0.6 is 15.9 Å². The second kappa shape index (κ2) is 7.34. The van der Waals surface area contributed by atoms with Crippen LogP contribution < -0.4 is 10.2 Å². The number of hydrogen-bond donors (Lipinski definition) is 1. The quantitative estimate of drug-likeness (QED) is 0.833. The molecule has 24 heavy (non-hydrogen) atoms. The average Bonchev–Trinajstić information content (AvgIpc) is 2.59. The number of nitrogens with one attached hydrogen (secondary N) is 1. The van der Waals surface area contributed by atoms with Gasteiger partial charge in [0.05, 0.1) is 17.4 Å². The molecule has 1 N–H and O–H groups in total. The van der Waals surface area contributed by atoms with Crippen LogP contribution in [0.15, 0.2) is 41.1 Å². The Bertz CT molecular complexity index is 739. The highest BCUT2D eigenvalue weighted by Gasteiger charge is 2.17. The molecule has 1 amide bonds. The van der Waals surface area contributed by atoms with Crippen molar-refractivity contribution >= 4 is 33.2 Å². The minimum Gasteiger partial charge on any atom is -0.370 e. The van der Waals surface area contributed by atoms with Gasteiger partial charge in [0, 0.05) is 29.4 Å². The number of rotatable bonds is 3. The summed E-state index contributed by atoms with van der Waals surface area (Å²) in [5.41, 5.74) is 3.49. The standard InChI is InChI=1S/C19H22BrN3O/c1-13-5-7-23(8-6-13)17-10-15(11-21-12-17)19(24)22-16-3-4-18(20)14(2)9-16/h3-4,9-13H,5-8H2,1-2H3,(H,22,24). The Balaban J connectivity index is 1.73. The van der Waals surface area contributed by atoms with Crippen LogP contribution in [0, 0.1) is 12.8 Å². The summed E-state index contributed by atoms with van der Waals surface area (Å²) in [6.07, 6.45) is 5.84. The fraction of sp³-hybridized carbons (Fsp3) is 0.368. The van der Waals surface area contributed by atoms with E-state index in [0.717, 1.165) is 40.4 Å². The smallest absolute Gasteiger partial charge is 0.257 e. The van der Waals surface area contributed by atoms with E-state index < -0.39 is 0 Å². The predicted octanol–water partition coefficient (Wildman–Crippen LogP) is 4.64. The van der Waals surface area contributed by atoms with Gasteiger partial charge in [0.25, 0.3) is 5.91 Å². The van der Waals surface area contributed by atoms with Gasteiger partial charge in [-0.25, -0.2) is 0 Å². The van der Waals surface area contributed by atoms with Crippen LogP contribution in [0.4, 0.5) is 11.4 Å². The number of aromatic nitrogens is 1. The van der Waals surface area contributed by atoms with Crippen LogP contribution in [0.3, 0.4) is 0 Å². The van der Waals surface area contributed by atoms with Crippen LogP contribution in [0.25, 0.3) is 0 Å². The zero-order chi connectivity index (χ0) is 17.1. The molecule has 1 aromatic heterocycles. The Morgan fingerprint density at radius 1 is 1.25 bits per heavy atom. The number of hydrogen-bond acceptors (Lipinski definition) is 3. The number of halogens is 1. The second-order valence-electron chi connectivity index (χ2n) is 6.52. The maximum atomic E-state index is 12.5. The van der Waals surface area contributed by atoms with Crippen LogP contribution in [0.5, 0.6) is 0 Å². The van der Waals surface area contributed by atoms with Gasteiger partial charge in [-0.05, 0) is 55.5 Å². The monoisotopic (exact) mass is 387 g/mol. The highest BCUT2D eigenvalue weighted by molar-refractivity contribution is 9.10. The third-order valence-electron chi connectivity index (χ3n) is 4.55. The summed E-state index contributed by atoms with van der Waals surface area (Å²) in [7, 11) is 0. The number of benzene rings is 1. The number of pyridine rings is 1. The number of aryl methyl sites for hydroxylation is 1. The Morgan fingerprint density at radius 2 is 2.00 bits per heavy atom. The molecule has 0 radical (unpaired) electrons. The first kappa shape index (κ1) is 17.0. The second-order valence-corrected chi connectivity index (χ2v) is 7.37. The number of amides is 1. The largest absolute Gasteiger partial charge is 0.370 e. The van der Waals surface area contributed by atoms with Crippen molar-refractivity contribution in [2.24, 2.45) is 5.92 Å². The molecule has 0 atom stereocenters. The fourth-order valence-electron chi connectivity index (χ4n) is 2.92. The molecule has 3 rings (SSSR count). The number of anilines is 2. The zero-order valence-electron chi connectivity index (χ0n) is 14.1. The first-order chi connectivity index (χ1) is 11.5. The topological polar surface area (TPSA) is 45.2 Å². The molecular formula is C19H22BrN3O. The Kier molecular flexibility index (Phi) is 5.19. The van der Waals surface area contributed by atoms with Crippen LogP contribution in [-0.2, 0) is 0 Å². The van der Waals surface area contributed by atoms with E-state index >= 15 is 0 Å². The van der Waals surface area contributed by atoms with Crippen molar-refractivity contribution in [3.05, 3.63) is 52.3 Å². The SMILES string of the molecule is Cc1cc(NC(=O)c2cncc(N3CCC(C)CC3)c2)ccc1Br. The van der Waals surface area contributed by atoms with Crippen LogP contribution in [0.1, 0.15) is 35.7 Å². The van der Waals surface area contributed by atoms with Crippen LogP contribution in [-0.4, -0.2) is 24.0 Å². The van der Waals surface area contributed by atoms with Crippen molar-refractivity contribution in [3.8, 4) is 0 Å². The molecule has 1 fully saturated rings. The van der Waals surface area contributed by atoms with Gasteiger partial charge >= 0.3 is 0 Å². The summed E-state index contributed by atoms with van der Waals surface area (Å²) < 4.78 is 1.03. The molecule has 1 aromatic carbocycles. The number of nitrogens with zero attached hydrogens (tertiary/aromatic N) is 2. The molecule has 2 heterocycles. The molecule has 0 aliphatic carbocycles. The maximum absolute atomic E-state index is 12.5. The van der Waals surface area contributed by atoms with Gasteiger partial charge in [0.2, 0.25) is 0 Å². The van der Waals surface area contributed by atoms with Crippen molar-refractivity contribution in [3.63, 3.8) is 0 Å². The van der Waals surface area contributed by atoms with E-state index in [-0.39, 0.29) is 5.91 Å². The van der Waals surface area contributed by atoms with Crippen molar-refractivity contribution < 1.29 is 4.79 Å². The van der Waals surface area contributed by atoms with E-state index in [4.69, 9.17) is 0 Å². The normalized spacial score (nSPS) is 15.4. The summed E-state index contributed by atoms with van der Waals surface area (Å²) in [5, 5.41) is 2.95. The van der Waals surface area contributed by atoms with E-state index in [1.165, 1.54) is 12.8 Å². The molecule has 1 aliphatic rings. The molecule has 4 nitrogen and oxygen atoms in total. The molecule has 0 spiro atoms. The highest BCUT2D eigenvalue weighted by atomic mass is 79.9. The van der Waals surface area contributed by atoms with Crippen molar-refractivity contribution in [2.75, 3.05) is 23.3 Å². The summed E-state index contributed by atoms with van der Waals surface area (Å²) in [6.45, 7) is 6.35. The molecule has 1 saturated heterocycles. The third-order valence-corrected chi connectivity index (χ3v) is 5.44. The lowest BCUT2D eigenvalue weighted by Gasteiger charge is -2.32. The average molecular weight is 388 g/mol. The maximum Gasteiger partial charge on any atom is 0.257 e. The van der Waals surface area contributed by atoms with Crippen molar-refractivity contribution in [1.29, 1.82) is 0 Å². The van der Waals surface area contributed by atoms with Crippen LogP contribution in [0.2, 0.25) is 0 Å². The minimum absolute atomic E-state index is 0.128. The predicted molar refractivity (Wildman–Crippen MR) is 102 cm³/mol. The van der Waals surface area contributed by atoms with E-state index in [2.05, 4.69) is 38.1 Å². The van der Waals surface area contributed by atoms with Gasteiger partial charge in [0.15, 0.2) is 0 Å². The first-order valence-electron chi connectivity index (χ1n) is 8.30. The Morgan fingerprint density at radius 3 is 2.71 bits per heavy atom. The molecule has 0 saturated carbocycles. The third kappa shape index (κ3) is 3.96. The lowest BCUT2D eigenvalue weighted by molar-refractivity contribution is 0.102. The number of piperidine rings is 1. The summed E-state index contributed by atoms with van der Waals surface area (Å²) in [5.74, 6) is 0.651. The van der Waals surface area contributed by atoms with Crippen molar-refractivity contribution in [2.45, 2.75) is 26.7 Å². The van der Waals surface area contributed by atoms with Crippen molar-refractivity contribution in [1.82, 2.24) is 4.98 Å². The molecule has 5 heteroatoms. The van der Waals surface area contributed by atoms with E-state index in [1.807, 2.05) is 37.4 Å². The molecule has 0 unspecified atom stereocenters. The number of carbonyl (C=O) groups is 1. The first-order valence-corrected chi connectivity index (χ1v) is 9.10. The lowest BCUT2D eigenvalue weighted by atomic mass is 9.99. The van der Waals surface area contributed by atoms with Gasteiger partial charge < -0.3 is 10.2 Å². The number of carbonyl (C=O) groups excluding carboxylic acids is 1. The van der Waals surface area contributed by atoms with E-state index in [9.17, 15) is 4.79 Å². The van der Waals surface area contributed by atoms with Gasteiger partial charge in [0.1, 0.15) is 0 Å². The fourth-order valence-corrected chi connectivity index (χ4v) is 3.16. The van der Waals surface area contributed by atoms with Gasteiger partial charge in [-0.15, -0.1) is 0 Å². The molecule has 2 aromatic rings. The summed E-state index contributed by atoms with van der Waals surface area (Å²) >= 11 is 3.47. The Hall–Kier alpha value is -1.88. The molecular weight excluding hydrogens is 366 g/mol. The Labute approximate surface area is 151 Å². The summed E-state index contributed by atoms with van der Waals surface area (Å²) in [4.78, 5) is 19.1.